The molecule has 0 heterocycles. The molecule has 1 aromatic carbocycles. The van der Waals surface area contributed by atoms with Crippen LogP contribution in [0, 0.1) is 17.8 Å². The number of alkyl carbamates (subject to hydrolysis) is 1. The summed E-state index contributed by atoms with van der Waals surface area (Å²) in [5.41, 5.74) is 11.7. The molecule has 0 fully saturated rings. The summed E-state index contributed by atoms with van der Waals surface area (Å²) in [6, 6.07) is 4.92. The molecule has 0 aromatic heterocycles. The number of hydrogen-bond acceptors (Lipinski definition) is 8. The van der Waals surface area contributed by atoms with E-state index in [-0.39, 0.29) is 37.2 Å². The molecule has 12 heteroatoms. The SMILES string of the molecule is CC(C)C[C@H](NC(=O)OCc1ccccc1)C(=O)N[C@@H](CC(C)C)C(=O)N[C@@H](CC(C)C)C(=O)O[C@H](C)[C@H](N)C(N)=O. The molecule has 4 amide bonds. The number of carbonyl (C=O) groups is 5. The number of nitrogens with two attached hydrogens (primary N) is 2. The van der Waals surface area contributed by atoms with Gasteiger partial charge in [-0.1, -0.05) is 71.9 Å². The fourth-order valence-corrected chi connectivity index (χ4v) is 4.11. The van der Waals surface area contributed by atoms with Crippen molar-refractivity contribution in [2.75, 3.05) is 0 Å². The standard InChI is InChI=1S/C30H49N5O7/c1-17(2)13-22(27(37)34-24(15-19(5)6)29(39)42-20(7)25(31)26(32)36)33-28(38)23(14-18(3)4)35-30(40)41-16-21-11-9-8-10-12-21/h8-12,17-20,22-25H,13-16,31H2,1-7H3,(H2,32,36)(H,33,38)(H,34,37)(H,35,40)/t20-,22+,23+,24+,25+/m1/s1. The minimum absolute atomic E-state index is 0.00244. The van der Waals surface area contributed by atoms with E-state index in [2.05, 4.69) is 16.0 Å². The van der Waals surface area contributed by atoms with Crippen molar-refractivity contribution in [1.29, 1.82) is 0 Å². The zero-order valence-corrected chi connectivity index (χ0v) is 25.8. The van der Waals surface area contributed by atoms with Crippen molar-refractivity contribution in [2.24, 2.45) is 29.2 Å². The van der Waals surface area contributed by atoms with Gasteiger partial charge in [0.05, 0.1) is 0 Å². The molecule has 0 aliphatic carbocycles. The van der Waals surface area contributed by atoms with Crippen LogP contribution < -0.4 is 27.4 Å². The highest BCUT2D eigenvalue weighted by molar-refractivity contribution is 5.93. The number of esters is 1. The van der Waals surface area contributed by atoms with Crippen LogP contribution in [0.15, 0.2) is 30.3 Å². The first-order valence-corrected chi connectivity index (χ1v) is 14.4. The number of rotatable bonds is 17. The van der Waals surface area contributed by atoms with Crippen LogP contribution in [0.1, 0.15) is 73.3 Å². The Labute approximate surface area is 249 Å². The van der Waals surface area contributed by atoms with Crippen molar-refractivity contribution in [1.82, 2.24) is 16.0 Å². The summed E-state index contributed by atoms with van der Waals surface area (Å²) in [5.74, 6) is -2.66. The summed E-state index contributed by atoms with van der Waals surface area (Å²) in [7, 11) is 0. The summed E-state index contributed by atoms with van der Waals surface area (Å²) >= 11 is 0. The van der Waals surface area contributed by atoms with Crippen molar-refractivity contribution < 1.29 is 33.4 Å². The lowest BCUT2D eigenvalue weighted by molar-refractivity contribution is -0.154. The van der Waals surface area contributed by atoms with Crippen molar-refractivity contribution in [3.63, 3.8) is 0 Å². The maximum atomic E-state index is 13.4. The quantitative estimate of drug-likeness (QED) is 0.170. The Morgan fingerprint density at radius 3 is 1.64 bits per heavy atom. The molecule has 1 rings (SSSR count). The maximum Gasteiger partial charge on any atom is 0.408 e. The summed E-state index contributed by atoms with van der Waals surface area (Å²) < 4.78 is 10.6. The van der Waals surface area contributed by atoms with Gasteiger partial charge in [0.25, 0.3) is 0 Å². The fraction of sp³-hybridized carbons (Fsp3) is 0.633. The van der Waals surface area contributed by atoms with Gasteiger partial charge in [0.15, 0.2) is 0 Å². The van der Waals surface area contributed by atoms with Gasteiger partial charge >= 0.3 is 12.1 Å². The molecule has 0 spiro atoms. The Morgan fingerprint density at radius 1 is 0.714 bits per heavy atom. The molecule has 0 radical (unpaired) electrons. The van der Waals surface area contributed by atoms with Crippen LogP contribution in [0.3, 0.4) is 0 Å². The number of amides is 4. The molecule has 0 aliphatic heterocycles. The molecular formula is C30H49N5O7. The number of nitrogens with one attached hydrogen (secondary N) is 3. The Kier molecular flexibility index (Phi) is 15.6. The van der Waals surface area contributed by atoms with E-state index < -0.39 is 60.1 Å². The van der Waals surface area contributed by atoms with E-state index in [0.29, 0.717) is 6.42 Å². The van der Waals surface area contributed by atoms with E-state index in [1.165, 1.54) is 6.92 Å². The van der Waals surface area contributed by atoms with Gasteiger partial charge in [-0.25, -0.2) is 9.59 Å². The topological polar surface area (TPSA) is 192 Å². The number of primary amides is 1. The fourth-order valence-electron chi connectivity index (χ4n) is 4.11. The van der Waals surface area contributed by atoms with Gasteiger partial charge in [-0.05, 0) is 49.5 Å². The van der Waals surface area contributed by atoms with Crippen LogP contribution in [0.25, 0.3) is 0 Å². The van der Waals surface area contributed by atoms with Crippen LogP contribution >= 0.6 is 0 Å². The Bertz CT molecular complexity index is 1030. The molecule has 1 aromatic rings. The molecule has 5 atom stereocenters. The number of benzene rings is 1. The second-order valence-corrected chi connectivity index (χ2v) is 11.8. The lowest BCUT2D eigenvalue weighted by Crippen LogP contribution is -2.57. The van der Waals surface area contributed by atoms with Gasteiger partial charge in [-0.15, -0.1) is 0 Å². The average Bonchev–Trinajstić information content (AvgIpc) is 2.89. The van der Waals surface area contributed by atoms with E-state index in [0.717, 1.165) is 5.56 Å². The highest BCUT2D eigenvalue weighted by Gasteiger charge is 2.33. The summed E-state index contributed by atoms with van der Waals surface area (Å²) in [4.78, 5) is 63.6. The van der Waals surface area contributed by atoms with E-state index in [1.54, 1.807) is 0 Å². The highest BCUT2D eigenvalue weighted by Crippen LogP contribution is 2.13. The number of ether oxygens (including phenoxy) is 2. The smallest absolute Gasteiger partial charge is 0.408 e. The molecule has 0 bridgehead atoms. The van der Waals surface area contributed by atoms with Crippen LogP contribution in [0.4, 0.5) is 4.79 Å². The van der Waals surface area contributed by atoms with Crippen molar-refractivity contribution >= 4 is 29.8 Å². The second-order valence-electron chi connectivity index (χ2n) is 11.8. The van der Waals surface area contributed by atoms with Gasteiger partial charge in [0.1, 0.15) is 36.9 Å². The third kappa shape index (κ3) is 13.8. The third-order valence-corrected chi connectivity index (χ3v) is 6.31. The van der Waals surface area contributed by atoms with Crippen LogP contribution in [0.2, 0.25) is 0 Å². The monoisotopic (exact) mass is 591 g/mol. The van der Waals surface area contributed by atoms with Gasteiger partial charge in [0, 0.05) is 0 Å². The molecule has 0 aliphatic rings. The van der Waals surface area contributed by atoms with Crippen molar-refractivity contribution in [2.45, 2.75) is 105 Å². The minimum atomic E-state index is -1.21. The lowest BCUT2D eigenvalue weighted by atomic mass is 9.99. The number of carbonyl (C=O) groups excluding carboxylic acids is 5. The van der Waals surface area contributed by atoms with E-state index in [1.807, 2.05) is 71.9 Å². The molecule has 0 saturated heterocycles. The average molecular weight is 592 g/mol. The van der Waals surface area contributed by atoms with Crippen molar-refractivity contribution in [3.05, 3.63) is 35.9 Å². The molecule has 7 N–H and O–H groups in total. The normalized spacial score (nSPS) is 14.8. The van der Waals surface area contributed by atoms with Crippen molar-refractivity contribution in [3.8, 4) is 0 Å². The van der Waals surface area contributed by atoms with E-state index >= 15 is 0 Å². The first-order valence-electron chi connectivity index (χ1n) is 14.4. The first kappa shape index (κ1) is 36.4. The lowest BCUT2D eigenvalue weighted by Gasteiger charge is -2.28. The van der Waals surface area contributed by atoms with Crippen LogP contribution in [-0.2, 0) is 35.3 Å². The first-order chi connectivity index (χ1) is 19.6. The molecule has 236 valence electrons. The van der Waals surface area contributed by atoms with Crippen LogP contribution in [0.5, 0.6) is 0 Å². The zero-order chi connectivity index (χ0) is 32.0. The van der Waals surface area contributed by atoms with Gasteiger partial charge in [-0.3, -0.25) is 14.4 Å². The largest absolute Gasteiger partial charge is 0.459 e. The summed E-state index contributed by atoms with van der Waals surface area (Å²) in [6.07, 6.45) is -0.930. The predicted molar refractivity (Wildman–Crippen MR) is 159 cm³/mol. The minimum Gasteiger partial charge on any atom is -0.459 e. The summed E-state index contributed by atoms with van der Waals surface area (Å²) in [6.45, 7) is 12.8. The van der Waals surface area contributed by atoms with Gasteiger partial charge in [-0.2, -0.15) is 0 Å². The van der Waals surface area contributed by atoms with E-state index in [9.17, 15) is 24.0 Å². The molecule has 12 nitrogen and oxygen atoms in total. The molecule has 0 saturated carbocycles. The highest BCUT2D eigenvalue weighted by atomic mass is 16.6. The molecule has 0 unspecified atom stereocenters. The van der Waals surface area contributed by atoms with E-state index in [4.69, 9.17) is 20.9 Å². The Hall–Kier alpha value is -3.67. The predicted octanol–water partition coefficient (Wildman–Crippen LogP) is 2.13. The van der Waals surface area contributed by atoms with Crippen LogP contribution in [-0.4, -0.2) is 60.1 Å². The van der Waals surface area contributed by atoms with Gasteiger partial charge in [0.2, 0.25) is 17.7 Å². The third-order valence-electron chi connectivity index (χ3n) is 6.31. The zero-order valence-electron chi connectivity index (χ0n) is 25.8. The number of hydrogen-bond donors (Lipinski definition) is 5. The van der Waals surface area contributed by atoms with Gasteiger partial charge < -0.3 is 36.9 Å². The maximum absolute atomic E-state index is 13.4. The Balaban J connectivity index is 3.01. The summed E-state index contributed by atoms with van der Waals surface area (Å²) in [5, 5.41) is 8.06. The second kappa shape index (κ2) is 18.0. The molecular weight excluding hydrogens is 542 g/mol. The molecule has 42 heavy (non-hydrogen) atoms. The Morgan fingerprint density at radius 2 is 1.17 bits per heavy atom.